The maximum atomic E-state index is 12.7. The summed E-state index contributed by atoms with van der Waals surface area (Å²) in [5.74, 6) is 0.522. The third kappa shape index (κ3) is 2.68. The van der Waals surface area contributed by atoms with Crippen LogP contribution in [-0.4, -0.2) is 29.4 Å². The minimum Gasteiger partial charge on any atom is -0.386 e. The van der Waals surface area contributed by atoms with E-state index in [9.17, 15) is 13.9 Å². The number of hydrogen-bond donors (Lipinski definition) is 1. The predicted octanol–water partition coefficient (Wildman–Crippen LogP) is 3.20. The van der Waals surface area contributed by atoms with E-state index in [0.717, 1.165) is 0 Å². The molecule has 0 bridgehead atoms. The summed E-state index contributed by atoms with van der Waals surface area (Å²) >= 11 is 6.05. The molecule has 1 N–H and O–H groups in total. The Kier molecular flexibility index (Phi) is 3.61. The molecule has 23 heavy (non-hydrogen) atoms. The van der Waals surface area contributed by atoms with Gasteiger partial charge in [0.1, 0.15) is 16.5 Å². The van der Waals surface area contributed by atoms with Gasteiger partial charge in [-0.25, -0.2) is 14.6 Å². The molecule has 0 amide bonds. The Bertz CT molecular complexity index is 881. The van der Waals surface area contributed by atoms with Crippen LogP contribution in [0.2, 0.25) is 5.15 Å². The highest BCUT2D eigenvalue weighted by Gasteiger charge is 2.25. The van der Waals surface area contributed by atoms with Crippen LogP contribution in [0.3, 0.4) is 0 Å². The largest absolute Gasteiger partial charge is 0.386 e. The van der Waals surface area contributed by atoms with Crippen LogP contribution in [0.1, 0.15) is 31.8 Å². The Morgan fingerprint density at radius 1 is 1.30 bits per heavy atom. The van der Waals surface area contributed by atoms with Crippen LogP contribution in [0.5, 0.6) is 0 Å². The first-order valence-corrected chi connectivity index (χ1v) is 7.17. The fraction of sp³-hybridized carbons (Fsp3) is 0.357. The molecule has 122 valence electrons. The lowest BCUT2D eigenvalue weighted by Crippen LogP contribution is -2.16. The van der Waals surface area contributed by atoms with E-state index >= 15 is 0 Å². The summed E-state index contributed by atoms with van der Waals surface area (Å²) in [4.78, 5) is 8.64. The average molecular weight is 342 g/mol. The first-order valence-electron chi connectivity index (χ1n) is 6.79. The van der Waals surface area contributed by atoms with Crippen molar-refractivity contribution in [2.24, 2.45) is 0 Å². The molecule has 0 saturated carbocycles. The van der Waals surface area contributed by atoms with E-state index in [0.29, 0.717) is 32.9 Å². The zero-order chi connectivity index (χ0) is 16.9. The Labute approximate surface area is 135 Å². The molecule has 0 fully saturated rings. The van der Waals surface area contributed by atoms with Gasteiger partial charge in [-0.2, -0.15) is 13.9 Å². The Morgan fingerprint density at radius 3 is 2.57 bits per heavy atom. The molecule has 0 aliphatic carbocycles. The quantitative estimate of drug-likeness (QED) is 0.743. The fourth-order valence-electron chi connectivity index (χ4n) is 2.45. The Morgan fingerprint density at radius 2 is 2.00 bits per heavy atom. The Balaban J connectivity index is 2.29. The summed E-state index contributed by atoms with van der Waals surface area (Å²) in [5.41, 5.74) is 0.561. The van der Waals surface area contributed by atoms with Crippen LogP contribution in [0, 0.1) is 6.92 Å². The van der Waals surface area contributed by atoms with Gasteiger partial charge in [0.05, 0.1) is 23.7 Å². The number of halogens is 3. The number of aliphatic hydroxyl groups is 1. The molecule has 6 nitrogen and oxygen atoms in total. The van der Waals surface area contributed by atoms with Gasteiger partial charge in [-0.05, 0) is 26.8 Å². The van der Waals surface area contributed by atoms with Gasteiger partial charge in [0, 0.05) is 5.56 Å². The average Bonchev–Trinajstić information content (AvgIpc) is 3.00. The molecule has 3 aromatic rings. The van der Waals surface area contributed by atoms with Gasteiger partial charge in [-0.15, -0.1) is 0 Å². The topological polar surface area (TPSA) is 68.8 Å². The van der Waals surface area contributed by atoms with E-state index in [4.69, 9.17) is 11.6 Å². The molecular weight excluding hydrogens is 328 g/mol. The van der Waals surface area contributed by atoms with Crippen molar-refractivity contribution in [2.75, 3.05) is 0 Å². The van der Waals surface area contributed by atoms with E-state index < -0.39 is 12.2 Å². The zero-order valence-corrected chi connectivity index (χ0v) is 13.4. The Hall–Kier alpha value is -2.06. The molecule has 0 aliphatic heterocycles. The van der Waals surface area contributed by atoms with Gasteiger partial charge in [-0.1, -0.05) is 11.6 Å². The van der Waals surface area contributed by atoms with E-state index in [1.54, 1.807) is 31.4 Å². The second-order valence-electron chi connectivity index (χ2n) is 5.67. The lowest BCUT2D eigenvalue weighted by molar-refractivity contribution is 0.0566. The van der Waals surface area contributed by atoms with Gasteiger partial charge in [-0.3, -0.25) is 4.57 Å². The van der Waals surface area contributed by atoms with Gasteiger partial charge in [0.2, 0.25) is 0 Å². The molecular formula is C14H14ClF2N5O. The molecule has 0 atom stereocenters. The predicted molar refractivity (Wildman–Crippen MR) is 80.9 cm³/mol. The van der Waals surface area contributed by atoms with Crippen molar-refractivity contribution in [1.29, 1.82) is 0 Å². The second kappa shape index (κ2) is 5.24. The molecule has 3 rings (SSSR count). The number of hydrogen-bond acceptors (Lipinski definition) is 4. The van der Waals surface area contributed by atoms with Crippen molar-refractivity contribution in [3.63, 3.8) is 0 Å². The van der Waals surface area contributed by atoms with Gasteiger partial charge < -0.3 is 5.11 Å². The monoisotopic (exact) mass is 341 g/mol. The molecule has 3 aromatic heterocycles. The molecule has 0 saturated heterocycles. The normalized spacial score (nSPS) is 12.5. The summed E-state index contributed by atoms with van der Waals surface area (Å²) in [6.07, 6.45) is 2.50. The van der Waals surface area contributed by atoms with Crippen LogP contribution in [0.4, 0.5) is 8.78 Å². The highest BCUT2D eigenvalue weighted by atomic mass is 35.5. The first-order chi connectivity index (χ1) is 10.7. The lowest BCUT2D eigenvalue weighted by Gasteiger charge is -2.18. The van der Waals surface area contributed by atoms with Crippen LogP contribution >= 0.6 is 11.6 Å². The van der Waals surface area contributed by atoms with Gasteiger partial charge in [0.15, 0.2) is 5.65 Å². The standard InChI is InChI=1S/C14H14ClF2N5O/c1-7-19-11-9(14(2,3)23)4-10(15)20-12(11)22(7)8-5-18-21(6-8)13(16)17/h4-6,13,23H,1-3H3. The van der Waals surface area contributed by atoms with E-state index in [1.165, 1.54) is 12.4 Å². The fourth-order valence-corrected chi connectivity index (χ4v) is 2.64. The highest BCUT2D eigenvalue weighted by Crippen LogP contribution is 2.31. The van der Waals surface area contributed by atoms with Gasteiger partial charge >= 0.3 is 6.55 Å². The van der Waals surface area contributed by atoms with Crippen LogP contribution in [-0.2, 0) is 5.60 Å². The molecule has 0 radical (unpaired) electrons. The van der Waals surface area contributed by atoms with E-state index in [-0.39, 0.29) is 5.15 Å². The smallest absolute Gasteiger partial charge is 0.333 e. The molecule has 0 aliphatic rings. The van der Waals surface area contributed by atoms with Crippen molar-refractivity contribution in [1.82, 2.24) is 24.3 Å². The van der Waals surface area contributed by atoms with Crippen molar-refractivity contribution in [2.45, 2.75) is 32.9 Å². The minimum atomic E-state index is -2.73. The summed E-state index contributed by atoms with van der Waals surface area (Å²) in [6, 6.07) is 1.54. The third-order valence-corrected chi connectivity index (χ3v) is 3.65. The number of imidazole rings is 1. The number of nitrogens with zero attached hydrogens (tertiary/aromatic N) is 5. The molecule has 9 heteroatoms. The maximum absolute atomic E-state index is 12.7. The second-order valence-corrected chi connectivity index (χ2v) is 6.06. The van der Waals surface area contributed by atoms with Crippen LogP contribution in [0.25, 0.3) is 16.9 Å². The van der Waals surface area contributed by atoms with Crippen LogP contribution < -0.4 is 0 Å². The highest BCUT2D eigenvalue weighted by molar-refractivity contribution is 6.29. The molecule has 0 aromatic carbocycles. The number of pyridine rings is 1. The number of aromatic nitrogens is 5. The molecule has 0 spiro atoms. The summed E-state index contributed by atoms with van der Waals surface area (Å²) < 4.78 is 27.6. The third-order valence-electron chi connectivity index (χ3n) is 3.46. The summed E-state index contributed by atoms with van der Waals surface area (Å²) in [6.45, 7) is 2.20. The summed E-state index contributed by atoms with van der Waals surface area (Å²) in [7, 11) is 0. The van der Waals surface area contributed by atoms with Crippen molar-refractivity contribution in [3.05, 3.63) is 35.0 Å². The van der Waals surface area contributed by atoms with Crippen LogP contribution in [0.15, 0.2) is 18.5 Å². The number of alkyl halides is 2. The SMILES string of the molecule is Cc1nc2c(C(C)(C)O)cc(Cl)nc2n1-c1cnn(C(F)F)c1. The van der Waals surface area contributed by atoms with Crippen molar-refractivity contribution >= 4 is 22.8 Å². The number of rotatable bonds is 3. The first kappa shape index (κ1) is 15.8. The summed E-state index contributed by atoms with van der Waals surface area (Å²) in [5, 5.41) is 14.1. The van der Waals surface area contributed by atoms with Gasteiger partial charge in [0.25, 0.3) is 0 Å². The lowest BCUT2D eigenvalue weighted by atomic mass is 9.99. The number of fused-ring (bicyclic) bond motifs is 1. The van der Waals surface area contributed by atoms with Crippen molar-refractivity contribution in [3.8, 4) is 5.69 Å². The van der Waals surface area contributed by atoms with Crippen molar-refractivity contribution < 1.29 is 13.9 Å². The van der Waals surface area contributed by atoms with E-state index in [1.807, 2.05) is 0 Å². The molecule has 0 unspecified atom stereocenters. The maximum Gasteiger partial charge on any atom is 0.333 e. The molecule has 3 heterocycles. The minimum absolute atomic E-state index is 0.178. The zero-order valence-electron chi connectivity index (χ0n) is 12.6. The number of aryl methyl sites for hydroxylation is 1. The van der Waals surface area contributed by atoms with E-state index in [2.05, 4.69) is 15.1 Å².